The molecule has 0 aliphatic heterocycles. The molecular weight excluding hydrogens is 191 g/mol. The van der Waals surface area contributed by atoms with Crippen LogP contribution < -0.4 is 0 Å². The monoisotopic (exact) mass is 198 g/mol. The molecule has 0 atom stereocenters. The molecule has 0 saturated heterocycles. The molecule has 4 heteroatoms. The minimum absolute atomic E-state index is 0.325. The Morgan fingerprint density at radius 2 is 2.15 bits per heavy atom. The van der Waals surface area contributed by atoms with Crippen LogP contribution in [-0.4, -0.2) is 9.78 Å². The molecule has 0 bridgehead atoms. The van der Waals surface area contributed by atoms with Crippen molar-refractivity contribution in [3.8, 4) is 0 Å². The smallest absolute Gasteiger partial charge is 0.125 e. The Hall–Kier alpha value is -1.09. The normalized spacial score (nSPS) is 11.1. The molecule has 0 N–H and O–H groups in total. The predicted molar refractivity (Wildman–Crippen MR) is 50.4 cm³/mol. The van der Waals surface area contributed by atoms with Gasteiger partial charge in [-0.2, -0.15) is 5.10 Å². The van der Waals surface area contributed by atoms with Gasteiger partial charge in [0, 0.05) is 18.1 Å². The quantitative estimate of drug-likeness (QED) is 0.637. The van der Waals surface area contributed by atoms with E-state index in [1.165, 1.54) is 12.1 Å². The Morgan fingerprint density at radius 1 is 1.46 bits per heavy atom. The van der Waals surface area contributed by atoms with Gasteiger partial charge in [0.1, 0.15) is 11.3 Å². The van der Waals surface area contributed by atoms with E-state index in [0.29, 0.717) is 10.5 Å². The maximum Gasteiger partial charge on any atom is 0.125 e. The van der Waals surface area contributed by atoms with E-state index in [4.69, 9.17) is 11.6 Å². The second-order valence-electron chi connectivity index (χ2n) is 2.99. The summed E-state index contributed by atoms with van der Waals surface area (Å²) in [5.74, 6) is -0.325. The number of aryl methyl sites for hydroxylation is 2. The van der Waals surface area contributed by atoms with Crippen LogP contribution >= 0.6 is 11.6 Å². The summed E-state index contributed by atoms with van der Waals surface area (Å²) in [6.45, 7) is 1.88. The lowest BCUT2D eigenvalue weighted by atomic mass is 10.2. The largest absolute Gasteiger partial charge is 0.272 e. The first-order valence-corrected chi connectivity index (χ1v) is 4.26. The molecule has 1 heterocycles. The summed E-state index contributed by atoms with van der Waals surface area (Å²) in [7, 11) is 1.81. The van der Waals surface area contributed by atoms with Gasteiger partial charge in [0.15, 0.2) is 0 Å². The number of rotatable bonds is 0. The molecule has 68 valence electrons. The molecule has 0 saturated carbocycles. The van der Waals surface area contributed by atoms with Crippen molar-refractivity contribution in [3.05, 3.63) is 28.7 Å². The van der Waals surface area contributed by atoms with Crippen molar-refractivity contribution < 1.29 is 4.39 Å². The molecule has 0 unspecified atom stereocenters. The number of halogens is 2. The number of benzene rings is 1. The van der Waals surface area contributed by atoms with E-state index in [2.05, 4.69) is 5.10 Å². The van der Waals surface area contributed by atoms with Crippen LogP contribution in [0.4, 0.5) is 4.39 Å². The first-order chi connectivity index (χ1) is 6.09. The summed E-state index contributed by atoms with van der Waals surface area (Å²) in [4.78, 5) is 0. The molecule has 0 aliphatic rings. The van der Waals surface area contributed by atoms with E-state index in [1.54, 1.807) is 4.68 Å². The fourth-order valence-corrected chi connectivity index (χ4v) is 1.59. The van der Waals surface area contributed by atoms with Crippen molar-refractivity contribution >= 4 is 22.5 Å². The predicted octanol–water partition coefficient (Wildman–Crippen LogP) is 2.67. The van der Waals surface area contributed by atoms with Gasteiger partial charge in [0.25, 0.3) is 0 Å². The number of hydrogen-bond donors (Lipinski definition) is 0. The van der Waals surface area contributed by atoms with Gasteiger partial charge in [-0.05, 0) is 19.1 Å². The van der Waals surface area contributed by atoms with Crippen LogP contribution in [0.5, 0.6) is 0 Å². The molecule has 0 spiro atoms. The second kappa shape index (κ2) is 2.70. The van der Waals surface area contributed by atoms with Crippen LogP contribution in [0.3, 0.4) is 0 Å². The Morgan fingerprint density at radius 3 is 2.85 bits per heavy atom. The zero-order chi connectivity index (χ0) is 9.59. The van der Waals surface area contributed by atoms with Crippen LogP contribution in [0.1, 0.15) is 5.69 Å². The molecule has 0 fully saturated rings. The van der Waals surface area contributed by atoms with E-state index in [9.17, 15) is 4.39 Å². The van der Waals surface area contributed by atoms with Crippen molar-refractivity contribution in [1.29, 1.82) is 0 Å². The number of aromatic nitrogens is 2. The highest BCUT2D eigenvalue weighted by atomic mass is 35.5. The van der Waals surface area contributed by atoms with Gasteiger partial charge < -0.3 is 0 Å². The maximum atomic E-state index is 13.0. The molecule has 0 radical (unpaired) electrons. The minimum Gasteiger partial charge on any atom is -0.272 e. The lowest BCUT2D eigenvalue weighted by molar-refractivity contribution is 0.629. The molecule has 0 aliphatic carbocycles. The lowest BCUT2D eigenvalue weighted by Gasteiger charge is -1.93. The summed E-state index contributed by atoms with van der Waals surface area (Å²) >= 11 is 5.83. The summed E-state index contributed by atoms with van der Waals surface area (Å²) in [5.41, 5.74) is 1.57. The van der Waals surface area contributed by atoms with E-state index in [0.717, 1.165) is 11.1 Å². The zero-order valence-electron chi connectivity index (χ0n) is 7.31. The molecule has 0 amide bonds. The van der Waals surface area contributed by atoms with Gasteiger partial charge in [-0.3, -0.25) is 4.68 Å². The van der Waals surface area contributed by atoms with Crippen LogP contribution in [0, 0.1) is 12.7 Å². The fourth-order valence-electron chi connectivity index (χ4n) is 1.34. The maximum absolute atomic E-state index is 13.0. The van der Waals surface area contributed by atoms with Gasteiger partial charge in [-0.15, -0.1) is 0 Å². The Kier molecular flexibility index (Phi) is 1.77. The van der Waals surface area contributed by atoms with Gasteiger partial charge in [-0.25, -0.2) is 4.39 Å². The lowest BCUT2D eigenvalue weighted by Crippen LogP contribution is -1.91. The highest BCUT2D eigenvalue weighted by Crippen LogP contribution is 2.25. The zero-order valence-corrected chi connectivity index (χ0v) is 8.06. The Balaban J connectivity index is 2.94. The first-order valence-electron chi connectivity index (χ1n) is 3.88. The third-order valence-corrected chi connectivity index (χ3v) is 2.44. The van der Waals surface area contributed by atoms with E-state index >= 15 is 0 Å². The minimum atomic E-state index is -0.325. The average Bonchev–Trinajstić information content (AvgIpc) is 2.32. The molecular formula is C9H8ClFN2. The summed E-state index contributed by atoms with van der Waals surface area (Å²) in [6.07, 6.45) is 0. The van der Waals surface area contributed by atoms with Gasteiger partial charge in [0.2, 0.25) is 0 Å². The fraction of sp³-hybridized carbons (Fsp3) is 0.222. The summed E-state index contributed by atoms with van der Waals surface area (Å²) in [6, 6.07) is 2.72. The molecule has 13 heavy (non-hydrogen) atoms. The molecule has 2 rings (SSSR count). The third kappa shape index (κ3) is 1.20. The number of fused-ring (bicyclic) bond motifs is 1. The van der Waals surface area contributed by atoms with Crippen molar-refractivity contribution in [2.75, 3.05) is 0 Å². The van der Waals surface area contributed by atoms with Crippen LogP contribution in [0.15, 0.2) is 12.1 Å². The average molecular weight is 199 g/mol. The highest BCUT2D eigenvalue weighted by Gasteiger charge is 2.09. The van der Waals surface area contributed by atoms with Crippen molar-refractivity contribution in [2.45, 2.75) is 6.92 Å². The van der Waals surface area contributed by atoms with Gasteiger partial charge >= 0.3 is 0 Å². The van der Waals surface area contributed by atoms with Crippen molar-refractivity contribution in [1.82, 2.24) is 9.78 Å². The third-order valence-electron chi connectivity index (χ3n) is 2.15. The Bertz CT molecular complexity index is 476. The van der Waals surface area contributed by atoms with Crippen molar-refractivity contribution in [2.24, 2.45) is 7.05 Å². The molecule has 2 nitrogen and oxygen atoms in total. The van der Waals surface area contributed by atoms with Gasteiger partial charge in [-0.1, -0.05) is 11.6 Å². The van der Waals surface area contributed by atoms with Crippen LogP contribution in [0.25, 0.3) is 10.9 Å². The van der Waals surface area contributed by atoms with E-state index in [1.807, 2.05) is 14.0 Å². The first kappa shape index (κ1) is 8.51. The van der Waals surface area contributed by atoms with E-state index < -0.39 is 0 Å². The van der Waals surface area contributed by atoms with Crippen LogP contribution in [-0.2, 0) is 7.05 Å². The number of hydrogen-bond acceptors (Lipinski definition) is 1. The highest BCUT2D eigenvalue weighted by molar-refractivity contribution is 6.35. The summed E-state index contributed by atoms with van der Waals surface area (Å²) in [5, 5.41) is 5.30. The standard InChI is InChI=1S/C9H8ClFN2/c1-5-7-3-6(11)4-8(10)9(7)12-13(5)2/h3-4H,1-2H3. The molecule has 1 aromatic carbocycles. The van der Waals surface area contributed by atoms with Crippen LogP contribution in [0.2, 0.25) is 5.02 Å². The SMILES string of the molecule is Cc1c2cc(F)cc(Cl)c2nn1C. The Labute approximate surface area is 79.9 Å². The van der Waals surface area contributed by atoms with Gasteiger partial charge in [0.05, 0.1) is 5.02 Å². The molecule has 1 aromatic heterocycles. The molecule has 2 aromatic rings. The van der Waals surface area contributed by atoms with E-state index in [-0.39, 0.29) is 5.82 Å². The van der Waals surface area contributed by atoms with Crippen molar-refractivity contribution in [3.63, 3.8) is 0 Å². The topological polar surface area (TPSA) is 17.8 Å². The number of nitrogens with zero attached hydrogens (tertiary/aromatic N) is 2. The second-order valence-corrected chi connectivity index (χ2v) is 3.40. The summed E-state index contributed by atoms with van der Waals surface area (Å²) < 4.78 is 14.7.